The largest absolute Gasteiger partial charge is 0.375 e. The Morgan fingerprint density at radius 2 is 2.19 bits per heavy atom. The average Bonchev–Trinajstić information content (AvgIpc) is 2.15. The molecule has 0 spiro atoms. The number of morpholine rings is 1. The van der Waals surface area contributed by atoms with E-state index in [0.717, 1.165) is 6.42 Å². The summed E-state index contributed by atoms with van der Waals surface area (Å²) in [6, 6.07) is -0.352. The van der Waals surface area contributed by atoms with Crippen LogP contribution in [0.25, 0.3) is 0 Å². The third kappa shape index (κ3) is 4.68. The number of nitrogens with zero attached hydrogens (tertiary/aromatic N) is 1. The summed E-state index contributed by atoms with van der Waals surface area (Å²) in [6.07, 6.45) is 0.888. The van der Waals surface area contributed by atoms with Gasteiger partial charge in [-0.1, -0.05) is 13.8 Å². The summed E-state index contributed by atoms with van der Waals surface area (Å²) in [7, 11) is 0. The predicted octanol–water partition coefficient (Wildman–Crippen LogP) is 1.03. The van der Waals surface area contributed by atoms with Gasteiger partial charge in [0.2, 0.25) is 5.91 Å². The minimum atomic E-state index is -0.352. The molecule has 4 nitrogen and oxygen atoms in total. The summed E-state index contributed by atoms with van der Waals surface area (Å²) in [5, 5.41) is 0. The summed E-state index contributed by atoms with van der Waals surface area (Å²) in [6.45, 7) is 8.11. The number of halogens is 1. The van der Waals surface area contributed by atoms with Crippen molar-refractivity contribution in [3.8, 4) is 0 Å². The van der Waals surface area contributed by atoms with Crippen molar-refractivity contribution in [2.24, 2.45) is 11.7 Å². The van der Waals surface area contributed by atoms with Gasteiger partial charge in [-0.3, -0.25) is 4.79 Å². The maximum Gasteiger partial charge on any atom is 0.239 e. The molecule has 0 bridgehead atoms. The van der Waals surface area contributed by atoms with E-state index in [9.17, 15) is 4.79 Å². The Balaban J connectivity index is 0.00000225. The highest BCUT2D eigenvalue weighted by Crippen LogP contribution is 2.09. The van der Waals surface area contributed by atoms with Crippen molar-refractivity contribution >= 4 is 18.3 Å². The van der Waals surface area contributed by atoms with E-state index in [1.807, 2.05) is 11.8 Å². The fraction of sp³-hybridized carbons (Fsp3) is 0.909. The maximum absolute atomic E-state index is 11.9. The number of amides is 1. The second-order valence-electron chi connectivity index (χ2n) is 4.70. The molecule has 1 heterocycles. The normalized spacial score (nSPS) is 22.8. The Kier molecular flexibility index (Phi) is 6.95. The molecule has 1 saturated heterocycles. The van der Waals surface area contributed by atoms with E-state index < -0.39 is 0 Å². The van der Waals surface area contributed by atoms with Gasteiger partial charge in [0.15, 0.2) is 0 Å². The molecule has 1 fully saturated rings. The Morgan fingerprint density at radius 1 is 1.56 bits per heavy atom. The van der Waals surface area contributed by atoms with Gasteiger partial charge in [-0.15, -0.1) is 12.4 Å². The molecule has 1 rings (SSSR count). The molecule has 96 valence electrons. The first-order valence-corrected chi connectivity index (χ1v) is 5.66. The van der Waals surface area contributed by atoms with Gasteiger partial charge in [-0.05, 0) is 19.3 Å². The lowest BCUT2D eigenvalue weighted by Gasteiger charge is -2.33. The Labute approximate surface area is 104 Å². The lowest BCUT2D eigenvalue weighted by atomic mass is 10.0. The Hall–Kier alpha value is -0.320. The fourth-order valence-corrected chi connectivity index (χ4v) is 1.86. The predicted molar refractivity (Wildman–Crippen MR) is 66.7 cm³/mol. The van der Waals surface area contributed by atoms with Crippen LogP contribution in [0.4, 0.5) is 0 Å². The lowest BCUT2D eigenvalue weighted by Crippen LogP contribution is -2.51. The second-order valence-corrected chi connectivity index (χ2v) is 4.70. The van der Waals surface area contributed by atoms with E-state index in [4.69, 9.17) is 10.5 Å². The maximum atomic E-state index is 11.9. The van der Waals surface area contributed by atoms with E-state index in [-0.39, 0.29) is 30.5 Å². The van der Waals surface area contributed by atoms with Crippen LogP contribution in [0.5, 0.6) is 0 Å². The van der Waals surface area contributed by atoms with Crippen LogP contribution in [-0.4, -0.2) is 42.6 Å². The number of hydrogen-bond donors (Lipinski definition) is 1. The smallest absolute Gasteiger partial charge is 0.239 e. The molecule has 1 amide bonds. The van der Waals surface area contributed by atoms with Crippen LogP contribution in [0.2, 0.25) is 0 Å². The van der Waals surface area contributed by atoms with Gasteiger partial charge < -0.3 is 15.4 Å². The monoisotopic (exact) mass is 250 g/mol. The van der Waals surface area contributed by atoms with Crippen molar-refractivity contribution in [2.45, 2.75) is 39.3 Å². The number of hydrogen-bond acceptors (Lipinski definition) is 3. The SMILES string of the molecule is CC(C)C[C@H](N)C(=O)N1CCOC(C)C1.Cl. The highest BCUT2D eigenvalue weighted by molar-refractivity contribution is 5.85. The molecule has 1 aliphatic rings. The molecule has 0 saturated carbocycles. The van der Waals surface area contributed by atoms with Crippen LogP contribution in [0.15, 0.2) is 0 Å². The standard InChI is InChI=1S/C11H22N2O2.ClH/c1-8(2)6-10(12)11(14)13-4-5-15-9(3)7-13;/h8-10H,4-7,12H2,1-3H3;1H/t9?,10-;/m0./s1. The van der Waals surface area contributed by atoms with Crippen LogP contribution in [0, 0.1) is 5.92 Å². The van der Waals surface area contributed by atoms with E-state index >= 15 is 0 Å². The molecule has 5 heteroatoms. The zero-order valence-corrected chi connectivity index (χ0v) is 11.1. The van der Waals surface area contributed by atoms with Crippen molar-refractivity contribution in [3.63, 3.8) is 0 Å². The Bertz CT molecular complexity index is 224. The van der Waals surface area contributed by atoms with E-state index in [1.165, 1.54) is 0 Å². The Morgan fingerprint density at radius 3 is 2.69 bits per heavy atom. The van der Waals surface area contributed by atoms with E-state index in [2.05, 4.69) is 13.8 Å². The van der Waals surface area contributed by atoms with Gasteiger partial charge in [0.1, 0.15) is 0 Å². The molecule has 1 aliphatic heterocycles. The van der Waals surface area contributed by atoms with Gasteiger partial charge in [0.05, 0.1) is 18.8 Å². The molecule has 0 radical (unpaired) electrons. The van der Waals surface area contributed by atoms with Crippen molar-refractivity contribution < 1.29 is 9.53 Å². The number of nitrogens with two attached hydrogens (primary N) is 1. The number of carbonyl (C=O) groups is 1. The summed E-state index contributed by atoms with van der Waals surface area (Å²) < 4.78 is 5.38. The number of rotatable bonds is 3. The number of carbonyl (C=O) groups excluding carboxylic acids is 1. The minimum absolute atomic E-state index is 0. The lowest BCUT2D eigenvalue weighted by molar-refractivity contribution is -0.139. The topological polar surface area (TPSA) is 55.6 Å². The number of ether oxygens (including phenoxy) is 1. The molecule has 0 aromatic heterocycles. The molecule has 0 aromatic rings. The quantitative estimate of drug-likeness (QED) is 0.814. The molecular formula is C11H23ClN2O2. The van der Waals surface area contributed by atoms with Crippen molar-refractivity contribution in [2.75, 3.05) is 19.7 Å². The first-order valence-electron chi connectivity index (χ1n) is 5.66. The van der Waals surface area contributed by atoms with Gasteiger partial charge >= 0.3 is 0 Å². The average molecular weight is 251 g/mol. The van der Waals surface area contributed by atoms with Gasteiger partial charge in [-0.2, -0.15) is 0 Å². The van der Waals surface area contributed by atoms with Gasteiger partial charge in [0, 0.05) is 13.1 Å². The third-order valence-electron chi connectivity index (χ3n) is 2.60. The first-order chi connectivity index (χ1) is 7.00. The van der Waals surface area contributed by atoms with Gasteiger partial charge in [-0.25, -0.2) is 0 Å². The molecule has 0 aromatic carbocycles. The summed E-state index contributed by atoms with van der Waals surface area (Å²) in [4.78, 5) is 13.7. The van der Waals surface area contributed by atoms with Crippen molar-refractivity contribution in [1.29, 1.82) is 0 Å². The molecule has 2 atom stereocenters. The van der Waals surface area contributed by atoms with Crippen LogP contribution >= 0.6 is 12.4 Å². The van der Waals surface area contributed by atoms with Crippen LogP contribution in [0.3, 0.4) is 0 Å². The zero-order chi connectivity index (χ0) is 11.4. The summed E-state index contributed by atoms with van der Waals surface area (Å²) in [5.74, 6) is 0.529. The molecule has 0 aliphatic carbocycles. The van der Waals surface area contributed by atoms with Crippen LogP contribution in [-0.2, 0) is 9.53 Å². The highest BCUT2D eigenvalue weighted by atomic mass is 35.5. The summed E-state index contributed by atoms with van der Waals surface area (Å²) >= 11 is 0. The zero-order valence-electron chi connectivity index (χ0n) is 10.3. The summed E-state index contributed by atoms with van der Waals surface area (Å²) in [5.41, 5.74) is 5.86. The molecular weight excluding hydrogens is 228 g/mol. The third-order valence-corrected chi connectivity index (χ3v) is 2.60. The second kappa shape index (κ2) is 7.09. The van der Waals surface area contributed by atoms with E-state index in [0.29, 0.717) is 25.6 Å². The minimum Gasteiger partial charge on any atom is -0.375 e. The fourth-order valence-electron chi connectivity index (χ4n) is 1.86. The van der Waals surface area contributed by atoms with E-state index in [1.54, 1.807) is 0 Å². The van der Waals surface area contributed by atoms with Gasteiger partial charge in [0.25, 0.3) is 0 Å². The molecule has 1 unspecified atom stereocenters. The highest BCUT2D eigenvalue weighted by Gasteiger charge is 2.25. The van der Waals surface area contributed by atoms with Crippen LogP contribution < -0.4 is 5.73 Å². The molecule has 16 heavy (non-hydrogen) atoms. The molecule has 2 N–H and O–H groups in total. The first kappa shape index (κ1) is 15.7. The van der Waals surface area contributed by atoms with Crippen molar-refractivity contribution in [3.05, 3.63) is 0 Å². The van der Waals surface area contributed by atoms with Crippen LogP contribution in [0.1, 0.15) is 27.2 Å². The van der Waals surface area contributed by atoms with Crippen molar-refractivity contribution in [1.82, 2.24) is 4.90 Å².